The van der Waals surface area contributed by atoms with Crippen molar-refractivity contribution in [1.29, 1.82) is 0 Å². The van der Waals surface area contributed by atoms with Crippen molar-refractivity contribution in [2.24, 2.45) is 0 Å². The van der Waals surface area contributed by atoms with Crippen LogP contribution >= 0.6 is 39.2 Å². The highest BCUT2D eigenvalue weighted by Crippen LogP contribution is 2.44. The molecule has 0 N–H and O–H groups in total. The molecule has 0 amide bonds. The van der Waals surface area contributed by atoms with Gasteiger partial charge < -0.3 is 0 Å². The van der Waals surface area contributed by atoms with Crippen LogP contribution in [0, 0.1) is 0 Å². The summed E-state index contributed by atoms with van der Waals surface area (Å²) >= 11 is 8.56. The first-order chi connectivity index (χ1) is 10.2. The van der Waals surface area contributed by atoms with Crippen molar-refractivity contribution in [3.05, 3.63) is 29.3 Å². The van der Waals surface area contributed by atoms with Gasteiger partial charge in [0.05, 0.1) is 0 Å². The van der Waals surface area contributed by atoms with Gasteiger partial charge in [-0.05, 0) is 57.6 Å². The Labute approximate surface area is 150 Å². The maximum Gasteiger partial charge on any atom is 0.0406 e. The van der Waals surface area contributed by atoms with Crippen LogP contribution in [0.2, 0.25) is 5.02 Å². The normalized spacial score (nSPS) is 12.5. The fourth-order valence-corrected chi connectivity index (χ4v) is 5.82. The number of benzene rings is 1. The molecule has 0 aliphatic rings. The van der Waals surface area contributed by atoms with Gasteiger partial charge in [0, 0.05) is 5.02 Å². The van der Waals surface area contributed by atoms with Crippen molar-refractivity contribution in [3.63, 3.8) is 0 Å². The summed E-state index contributed by atoms with van der Waals surface area (Å²) in [7, 11) is 0. The van der Waals surface area contributed by atoms with E-state index in [0.717, 1.165) is 5.02 Å². The minimum absolute atomic E-state index is 0.0112. The van der Waals surface area contributed by atoms with Crippen LogP contribution in [0.4, 0.5) is 0 Å². The SMILES string of the molecule is CCCCCCCCCCCCP(I)c1ccc(Cl)cc1. The predicted octanol–water partition coefficient (Wildman–Crippen LogP) is 7.72. The van der Waals surface area contributed by atoms with Crippen LogP contribution in [0.25, 0.3) is 0 Å². The van der Waals surface area contributed by atoms with Gasteiger partial charge in [-0.15, -0.1) is 0 Å². The number of rotatable bonds is 12. The first kappa shape index (κ1) is 19.7. The fraction of sp³-hybridized carbons (Fsp3) is 0.667. The molecule has 1 rings (SSSR count). The second-order valence-corrected chi connectivity index (χ2v) is 11.4. The van der Waals surface area contributed by atoms with E-state index in [0.29, 0.717) is 0 Å². The van der Waals surface area contributed by atoms with E-state index in [1.165, 1.54) is 75.7 Å². The third-order valence-electron chi connectivity index (χ3n) is 3.81. The van der Waals surface area contributed by atoms with Crippen molar-refractivity contribution >= 4 is 44.5 Å². The lowest BCUT2D eigenvalue weighted by Crippen LogP contribution is -1.98. The third kappa shape index (κ3) is 10.1. The molecule has 0 fully saturated rings. The van der Waals surface area contributed by atoms with Gasteiger partial charge in [-0.25, -0.2) is 0 Å². The molecule has 0 bridgehead atoms. The summed E-state index contributed by atoms with van der Waals surface area (Å²) in [6, 6.07) is 8.42. The molecule has 120 valence electrons. The van der Waals surface area contributed by atoms with Crippen molar-refractivity contribution in [2.75, 3.05) is 6.16 Å². The lowest BCUT2D eigenvalue weighted by molar-refractivity contribution is 0.563. The lowest BCUT2D eigenvalue weighted by Gasteiger charge is -2.10. The van der Waals surface area contributed by atoms with Gasteiger partial charge in [0.15, 0.2) is 0 Å². The summed E-state index contributed by atoms with van der Waals surface area (Å²) in [5.41, 5.74) is -0.0112. The van der Waals surface area contributed by atoms with Gasteiger partial charge in [0.1, 0.15) is 0 Å². The Morgan fingerprint density at radius 1 is 0.810 bits per heavy atom. The van der Waals surface area contributed by atoms with Crippen molar-refractivity contribution < 1.29 is 0 Å². The molecule has 3 heteroatoms. The monoisotopic (exact) mass is 438 g/mol. The number of unbranched alkanes of at least 4 members (excludes halogenated alkanes) is 9. The van der Waals surface area contributed by atoms with Gasteiger partial charge in [-0.1, -0.05) is 88.4 Å². The summed E-state index contributed by atoms with van der Waals surface area (Å²) < 4.78 is 0. The van der Waals surface area contributed by atoms with Crippen molar-refractivity contribution in [2.45, 2.75) is 71.1 Å². The Morgan fingerprint density at radius 2 is 1.29 bits per heavy atom. The van der Waals surface area contributed by atoms with E-state index in [-0.39, 0.29) is 5.56 Å². The molecule has 1 aromatic carbocycles. The first-order valence-electron chi connectivity index (χ1n) is 8.43. The first-order valence-corrected chi connectivity index (χ1v) is 13.1. The molecule has 0 aliphatic heterocycles. The second-order valence-electron chi connectivity index (χ2n) is 5.74. The van der Waals surface area contributed by atoms with E-state index in [1.807, 2.05) is 12.1 Å². The molecular weight excluding hydrogens is 410 g/mol. The summed E-state index contributed by atoms with van der Waals surface area (Å²) in [6.45, 7) is 2.28. The molecule has 1 atom stereocenters. The third-order valence-corrected chi connectivity index (χ3v) is 8.75. The summed E-state index contributed by atoms with van der Waals surface area (Å²) in [5.74, 6) is 0. The minimum atomic E-state index is -0.0112. The van der Waals surface area contributed by atoms with Crippen molar-refractivity contribution in [3.8, 4) is 0 Å². The standard InChI is InChI=1S/C18H29ClIP/c1-2-3-4-5-6-7-8-9-10-11-16-21(20)18-14-12-17(19)13-15-18/h12-15H,2-11,16H2,1H3. The molecule has 0 nitrogen and oxygen atoms in total. The van der Waals surface area contributed by atoms with Gasteiger partial charge in [-0.3, -0.25) is 0 Å². The zero-order valence-corrected chi connectivity index (χ0v) is 17.1. The Balaban J connectivity index is 1.95. The van der Waals surface area contributed by atoms with E-state index in [2.05, 4.69) is 41.1 Å². The van der Waals surface area contributed by atoms with Crippen LogP contribution < -0.4 is 5.30 Å². The average molecular weight is 439 g/mol. The fourth-order valence-electron chi connectivity index (χ4n) is 2.47. The van der Waals surface area contributed by atoms with E-state index < -0.39 is 0 Å². The maximum atomic E-state index is 5.94. The molecule has 0 heterocycles. The van der Waals surface area contributed by atoms with Crippen LogP contribution in [0.15, 0.2) is 24.3 Å². The highest BCUT2D eigenvalue weighted by molar-refractivity contribution is 14.2. The van der Waals surface area contributed by atoms with Crippen LogP contribution in [-0.2, 0) is 0 Å². The Bertz CT molecular complexity index is 353. The van der Waals surface area contributed by atoms with E-state index in [9.17, 15) is 0 Å². The molecule has 21 heavy (non-hydrogen) atoms. The largest absolute Gasteiger partial charge is 0.0843 e. The van der Waals surface area contributed by atoms with Gasteiger partial charge in [-0.2, -0.15) is 0 Å². The second kappa shape index (κ2) is 13.1. The van der Waals surface area contributed by atoms with Crippen LogP contribution in [0.1, 0.15) is 71.1 Å². The molecule has 0 radical (unpaired) electrons. The molecule has 1 aromatic rings. The highest BCUT2D eigenvalue weighted by atomic mass is 127. The summed E-state index contributed by atoms with van der Waals surface area (Å²) in [5, 5.41) is 2.32. The van der Waals surface area contributed by atoms with Gasteiger partial charge in [0.2, 0.25) is 0 Å². The van der Waals surface area contributed by atoms with E-state index in [1.54, 1.807) is 0 Å². The van der Waals surface area contributed by atoms with Crippen LogP contribution in [0.3, 0.4) is 0 Å². The Kier molecular flexibility index (Phi) is 12.3. The molecule has 0 spiro atoms. The molecule has 0 saturated carbocycles. The lowest BCUT2D eigenvalue weighted by atomic mass is 10.1. The number of halogens is 2. The highest BCUT2D eigenvalue weighted by Gasteiger charge is 2.06. The summed E-state index contributed by atoms with van der Waals surface area (Å²) in [4.78, 5) is 0. The quantitative estimate of drug-likeness (QED) is 0.178. The Morgan fingerprint density at radius 3 is 1.81 bits per heavy atom. The van der Waals surface area contributed by atoms with E-state index in [4.69, 9.17) is 11.6 Å². The molecule has 1 unspecified atom stereocenters. The molecule has 0 aliphatic carbocycles. The van der Waals surface area contributed by atoms with Crippen LogP contribution in [-0.4, -0.2) is 6.16 Å². The molecule has 0 saturated heterocycles. The van der Waals surface area contributed by atoms with Gasteiger partial charge in [0.25, 0.3) is 0 Å². The smallest absolute Gasteiger partial charge is 0.0406 e. The zero-order chi connectivity index (χ0) is 15.3. The number of hydrogen-bond acceptors (Lipinski definition) is 0. The Hall–Kier alpha value is 0.670. The molecule has 0 aromatic heterocycles. The van der Waals surface area contributed by atoms with E-state index >= 15 is 0 Å². The summed E-state index contributed by atoms with van der Waals surface area (Å²) in [6.07, 6.45) is 15.6. The molecular formula is C18H29ClIP. The predicted molar refractivity (Wildman–Crippen MR) is 109 cm³/mol. The average Bonchev–Trinajstić information content (AvgIpc) is 2.49. The maximum absolute atomic E-state index is 5.94. The zero-order valence-electron chi connectivity index (χ0n) is 13.3. The topological polar surface area (TPSA) is 0 Å². The minimum Gasteiger partial charge on any atom is -0.0843 e. The van der Waals surface area contributed by atoms with Gasteiger partial charge >= 0.3 is 0 Å². The number of hydrogen-bond donors (Lipinski definition) is 0. The van der Waals surface area contributed by atoms with Crippen LogP contribution in [0.5, 0.6) is 0 Å². The van der Waals surface area contributed by atoms with Crippen molar-refractivity contribution in [1.82, 2.24) is 0 Å².